The molecule has 0 saturated heterocycles. The van der Waals surface area contributed by atoms with Gasteiger partial charge in [0, 0.05) is 18.9 Å². The van der Waals surface area contributed by atoms with E-state index < -0.39 is 5.54 Å². The summed E-state index contributed by atoms with van der Waals surface area (Å²) in [6.45, 7) is 9.43. The largest absolute Gasteiger partial charge is 0.347 e. The van der Waals surface area contributed by atoms with Gasteiger partial charge in [-0.05, 0) is 19.3 Å². The highest BCUT2D eigenvalue weighted by Crippen LogP contribution is 2.09. The first-order chi connectivity index (χ1) is 8.86. The van der Waals surface area contributed by atoms with Crippen LogP contribution in [-0.4, -0.2) is 21.0 Å². The van der Waals surface area contributed by atoms with Gasteiger partial charge in [-0.3, -0.25) is 4.79 Å². The number of nitrogens with one attached hydrogen (secondary N) is 1. The van der Waals surface area contributed by atoms with E-state index in [0.29, 0.717) is 18.9 Å². The Bertz CT molecular complexity index is 409. The Morgan fingerprint density at radius 1 is 1.58 bits per heavy atom. The van der Waals surface area contributed by atoms with Crippen molar-refractivity contribution in [3.8, 4) is 0 Å². The SMILES string of the molecule is CCCC(C)(N)C(=O)NCc1nccn1CC(C)C. The Morgan fingerprint density at radius 2 is 2.26 bits per heavy atom. The molecule has 1 rings (SSSR count). The zero-order valence-electron chi connectivity index (χ0n) is 12.4. The fraction of sp³-hybridized carbons (Fsp3) is 0.714. The molecule has 1 heterocycles. The molecule has 0 radical (unpaired) electrons. The molecule has 1 atom stereocenters. The van der Waals surface area contributed by atoms with Crippen molar-refractivity contribution in [2.75, 3.05) is 0 Å². The molecule has 1 aromatic heterocycles. The van der Waals surface area contributed by atoms with Crippen LogP contribution in [0.25, 0.3) is 0 Å². The second-order valence-corrected chi connectivity index (χ2v) is 5.74. The van der Waals surface area contributed by atoms with Crippen molar-refractivity contribution in [1.29, 1.82) is 0 Å². The van der Waals surface area contributed by atoms with Gasteiger partial charge in [0.2, 0.25) is 5.91 Å². The lowest BCUT2D eigenvalue weighted by molar-refractivity contribution is -0.126. The molecule has 0 fully saturated rings. The van der Waals surface area contributed by atoms with Gasteiger partial charge in [-0.2, -0.15) is 0 Å². The molecule has 0 aliphatic carbocycles. The predicted octanol–water partition coefficient (Wildman–Crippen LogP) is 1.67. The summed E-state index contributed by atoms with van der Waals surface area (Å²) in [6.07, 6.45) is 5.27. The van der Waals surface area contributed by atoms with Crippen molar-refractivity contribution >= 4 is 5.91 Å². The lowest BCUT2D eigenvalue weighted by Crippen LogP contribution is -2.51. The lowest BCUT2D eigenvalue weighted by atomic mass is 9.96. The molecule has 108 valence electrons. The summed E-state index contributed by atoms with van der Waals surface area (Å²) in [6, 6.07) is 0. The highest BCUT2D eigenvalue weighted by Gasteiger charge is 2.26. The first-order valence-electron chi connectivity index (χ1n) is 6.94. The van der Waals surface area contributed by atoms with Gasteiger partial charge in [0.1, 0.15) is 5.82 Å². The summed E-state index contributed by atoms with van der Waals surface area (Å²) in [5.74, 6) is 1.30. The van der Waals surface area contributed by atoms with Crippen LogP contribution in [0.15, 0.2) is 12.4 Å². The topological polar surface area (TPSA) is 72.9 Å². The normalized spacial score (nSPS) is 14.4. The maximum atomic E-state index is 12.0. The number of rotatable bonds is 7. The number of carbonyl (C=O) groups is 1. The van der Waals surface area contributed by atoms with Crippen molar-refractivity contribution in [3.05, 3.63) is 18.2 Å². The van der Waals surface area contributed by atoms with E-state index in [9.17, 15) is 4.79 Å². The Balaban J connectivity index is 2.57. The van der Waals surface area contributed by atoms with Crippen LogP contribution in [0.3, 0.4) is 0 Å². The highest BCUT2D eigenvalue weighted by atomic mass is 16.2. The second kappa shape index (κ2) is 6.70. The maximum Gasteiger partial charge on any atom is 0.240 e. The van der Waals surface area contributed by atoms with Crippen LogP contribution in [0.1, 0.15) is 46.4 Å². The Hall–Kier alpha value is -1.36. The van der Waals surface area contributed by atoms with Crippen molar-refractivity contribution in [1.82, 2.24) is 14.9 Å². The van der Waals surface area contributed by atoms with Crippen molar-refractivity contribution in [2.24, 2.45) is 11.7 Å². The average Bonchev–Trinajstić information content (AvgIpc) is 2.72. The minimum absolute atomic E-state index is 0.117. The van der Waals surface area contributed by atoms with Gasteiger partial charge in [-0.25, -0.2) is 4.98 Å². The van der Waals surface area contributed by atoms with E-state index in [-0.39, 0.29) is 5.91 Å². The van der Waals surface area contributed by atoms with Crippen LogP contribution in [0, 0.1) is 5.92 Å². The summed E-state index contributed by atoms with van der Waals surface area (Å²) in [5.41, 5.74) is 5.19. The summed E-state index contributed by atoms with van der Waals surface area (Å²) in [4.78, 5) is 16.3. The van der Waals surface area contributed by atoms with Gasteiger partial charge in [0.05, 0.1) is 12.1 Å². The molecule has 1 unspecified atom stereocenters. The smallest absolute Gasteiger partial charge is 0.240 e. The maximum absolute atomic E-state index is 12.0. The predicted molar refractivity (Wildman–Crippen MR) is 76.4 cm³/mol. The fourth-order valence-corrected chi connectivity index (χ4v) is 2.06. The van der Waals surface area contributed by atoms with Gasteiger partial charge in [0.25, 0.3) is 0 Å². The number of nitrogens with zero attached hydrogens (tertiary/aromatic N) is 2. The van der Waals surface area contributed by atoms with E-state index in [1.54, 1.807) is 13.1 Å². The molecule has 0 bridgehead atoms. The summed E-state index contributed by atoms with van der Waals surface area (Å²) in [5, 5.41) is 2.88. The molecule has 0 aromatic carbocycles. The fourth-order valence-electron chi connectivity index (χ4n) is 2.06. The summed E-state index contributed by atoms with van der Waals surface area (Å²) >= 11 is 0. The Morgan fingerprint density at radius 3 is 2.84 bits per heavy atom. The van der Waals surface area contributed by atoms with Crippen molar-refractivity contribution in [2.45, 2.75) is 59.2 Å². The third-order valence-electron chi connectivity index (χ3n) is 3.06. The number of carbonyl (C=O) groups excluding carboxylic acids is 1. The molecule has 0 spiro atoms. The first-order valence-corrected chi connectivity index (χ1v) is 6.94. The van der Waals surface area contributed by atoms with E-state index >= 15 is 0 Å². The third kappa shape index (κ3) is 4.67. The molecule has 0 aliphatic heterocycles. The molecule has 5 heteroatoms. The average molecular weight is 266 g/mol. The van der Waals surface area contributed by atoms with Crippen molar-refractivity contribution in [3.63, 3.8) is 0 Å². The van der Waals surface area contributed by atoms with E-state index in [1.807, 2.05) is 13.1 Å². The zero-order chi connectivity index (χ0) is 14.5. The highest BCUT2D eigenvalue weighted by molar-refractivity contribution is 5.85. The Labute approximate surface area is 115 Å². The number of nitrogens with two attached hydrogens (primary N) is 1. The van der Waals surface area contributed by atoms with Crippen LogP contribution >= 0.6 is 0 Å². The summed E-state index contributed by atoms with van der Waals surface area (Å²) in [7, 11) is 0. The molecule has 1 aromatic rings. The van der Waals surface area contributed by atoms with E-state index in [1.165, 1.54) is 0 Å². The second-order valence-electron chi connectivity index (χ2n) is 5.74. The van der Waals surface area contributed by atoms with E-state index in [4.69, 9.17) is 5.73 Å². The van der Waals surface area contributed by atoms with E-state index in [0.717, 1.165) is 18.8 Å². The van der Waals surface area contributed by atoms with E-state index in [2.05, 4.69) is 28.7 Å². The van der Waals surface area contributed by atoms with Gasteiger partial charge in [0.15, 0.2) is 0 Å². The van der Waals surface area contributed by atoms with Crippen LogP contribution in [0.4, 0.5) is 0 Å². The number of hydrogen-bond donors (Lipinski definition) is 2. The minimum atomic E-state index is -0.801. The Kier molecular flexibility index (Phi) is 5.54. The number of amides is 1. The van der Waals surface area contributed by atoms with Gasteiger partial charge >= 0.3 is 0 Å². The standard InChI is InChI=1S/C14H26N4O/c1-5-6-14(4,15)13(19)17-9-12-16-7-8-18(12)10-11(2)3/h7-8,11H,5-6,9-10,15H2,1-4H3,(H,17,19). The zero-order valence-corrected chi connectivity index (χ0v) is 12.4. The molecule has 3 N–H and O–H groups in total. The molecule has 1 amide bonds. The molecule has 0 saturated carbocycles. The monoisotopic (exact) mass is 266 g/mol. The van der Waals surface area contributed by atoms with Crippen molar-refractivity contribution < 1.29 is 4.79 Å². The number of hydrogen-bond acceptors (Lipinski definition) is 3. The van der Waals surface area contributed by atoms with Gasteiger partial charge in [-0.15, -0.1) is 0 Å². The van der Waals surface area contributed by atoms with Crippen LogP contribution in [0.2, 0.25) is 0 Å². The van der Waals surface area contributed by atoms with Gasteiger partial charge < -0.3 is 15.6 Å². The van der Waals surface area contributed by atoms with Gasteiger partial charge in [-0.1, -0.05) is 27.2 Å². The first kappa shape index (κ1) is 15.7. The van der Waals surface area contributed by atoms with Crippen LogP contribution in [0.5, 0.6) is 0 Å². The molecular weight excluding hydrogens is 240 g/mol. The summed E-state index contributed by atoms with van der Waals surface area (Å²) < 4.78 is 2.07. The lowest BCUT2D eigenvalue weighted by Gasteiger charge is -2.22. The molecule has 19 heavy (non-hydrogen) atoms. The quantitative estimate of drug-likeness (QED) is 0.788. The third-order valence-corrected chi connectivity index (χ3v) is 3.06. The molecule has 5 nitrogen and oxygen atoms in total. The minimum Gasteiger partial charge on any atom is -0.347 e. The van der Waals surface area contributed by atoms with Crippen LogP contribution in [-0.2, 0) is 17.9 Å². The molecule has 0 aliphatic rings. The molecular formula is C14H26N4O. The number of imidazole rings is 1. The number of aromatic nitrogens is 2. The van der Waals surface area contributed by atoms with Crippen LogP contribution < -0.4 is 11.1 Å².